The molecule has 0 radical (unpaired) electrons. The molecule has 2 rings (SSSR count). The van der Waals surface area contributed by atoms with E-state index in [0.29, 0.717) is 22.7 Å². The molecule has 2 aromatic carbocycles. The van der Waals surface area contributed by atoms with Crippen LogP contribution in [0.2, 0.25) is 0 Å². The fraction of sp³-hybridized carbons (Fsp3) is 0.105. The van der Waals surface area contributed by atoms with Crippen LogP contribution in [0.5, 0.6) is 5.75 Å². The molecule has 0 aliphatic carbocycles. The number of nitrogens with one attached hydrogen (secondary N) is 2. The third-order valence-electron chi connectivity index (χ3n) is 3.40. The summed E-state index contributed by atoms with van der Waals surface area (Å²) in [5.41, 5.74) is 1.46. The maximum absolute atomic E-state index is 12.2. The molecule has 1 amide bonds. The number of nitriles is 1. The second-order valence-corrected chi connectivity index (χ2v) is 5.07. The average molecular weight is 351 g/mol. The lowest BCUT2D eigenvalue weighted by Crippen LogP contribution is -2.14. The summed E-state index contributed by atoms with van der Waals surface area (Å²) >= 11 is 0. The smallest absolute Gasteiger partial charge is 0.337 e. The number of benzene rings is 2. The first-order valence-electron chi connectivity index (χ1n) is 7.58. The first-order valence-corrected chi connectivity index (χ1v) is 7.58. The summed E-state index contributed by atoms with van der Waals surface area (Å²) in [7, 11) is 2.85. The second-order valence-electron chi connectivity index (χ2n) is 5.07. The zero-order chi connectivity index (χ0) is 18.9. The van der Waals surface area contributed by atoms with Crippen molar-refractivity contribution in [3.8, 4) is 11.8 Å². The van der Waals surface area contributed by atoms with Gasteiger partial charge in [0.25, 0.3) is 5.91 Å². The number of methoxy groups -OCH3 is 2. The minimum absolute atomic E-state index is 0.0992. The van der Waals surface area contributed by atoms with E-state index in [1.165, 1.54) is 13.3 Å². The van der Waals surface area contributed by atoms with Gasteiger partial charge >= 0.3 is 5.97 Å². The van der Waals surface area contributed by atoms with Gasteiger partial charge in [-0.2, -0.15) is 5.26 Å². The predicted octanol–water partition coefficient (Wildman–Crippen LogP) is 2.94. The molecule has 0 aliphatic heterocycles. The highest BCUT2D eigenvalue weighted by Crippen LogP contribution is 2.16. The van der Waals surface area contributed by atoms with Gasteiger partial charge in [-0.3, -0.25) is 4.79 Å². The molecule has 0 unspecified atom stereocenters. The van der Waals surface area contributed by atoms with Crippen molar-refractivity contribution in [2.24, 2.45) is 0 Å². The minimum atomic E-state index is -0.545. The summed E-state index contributed by atoms with van der Waals surface area (Å²) in [5, 5.41) is 14.7. The van der Waals surface area contributed by atoms with Gasteiger partial charge in [-0.15, -0.1) is 0 Å². The maximum atomic E-state index is 12.2. The van der Waals surface area contributed by atoms with E-state index in [2.05, 4.69) is 15.4 Å². The average Bonchev–Trinajstić information content (AvgIpc) is 2.69. The van der Waals surface area contributed by atoms with E-state index in [-0.39, 0.29) is 5.57 Å². The quantitative estimate of drug-likeness (QED) is 0.471. The van der Waals surface area contributed by atoms with Gasteiger partial charge in [0.05, 0.1) is 19.8 Å². The van der Waals surface area contributed by atoms with E-state index in [9.17, 15) is 14.9 Å². The fourth-order valence-corrected chi connectivity index (χ4v) is 2.00. The van der Waals surface area contributed by atoms with E-state index in [1.807, 2.05) is 6.07 Å². The molecule has 2 aromatic rings. The highest BCUT2D eigenvalue weighted by Gasteiger charge is 2.10. The number of hydrogen-bond donors (Lipinski definition) is 2. The molecule has 0 aromatic heterocycles. The van der Waals surface area contributed by atoms with Crippen molar-refractivity contribution >= 4 is 23.3 Å². The van der Waals surface area contributed by atoms with Crippen molar-refractivity contribution in [2.45, 2.75) is 0 Å². The number of esters is 1. The van der Waals surface area contributed by atoms with Crippen LogP contribution in [-0.2, 0) is 9.53 Å². The molecule has 0 saturated carbocycles. The number of amides is 1. The number of carbonyl (C=O) groups is 2. The van der Waals surface area contributed by atoms with Crippen LogP contribution in [-0.4, -0.2) is 26.1 Å². The Balaban J connectivity index is 2.03. The highest BCUT2D eigenvalue weighted by molar-refractivity contribution is 6.06. The summed E-state index contributed by atoms with van der Waals surface area (Å²) in [6.07, 6.45) is 1.30. The van der Waals surface area contributed by atoms with E-state index < -0.39 is 11.9 Å². The predicted molar refractivity (Wildman–Crippen MR) is 96.7 cm³/mol. The Bertz CT molecular complexity index is 850. The van der Waals surface area contributed by atoms with E-state index >= 15 is 0 Å². The molecule has 0 bridgehead atoms. The summed E-state index contributed by atoms with van der Waals surface area (Å²) in [4.78, 5) is 23.5. The third-order valence-corrected chi connectivity index (χ3v) is 3.40. The van der Waals surface area contributed by atoms with Gasteiger partial charge in [0.1, 0.15) is 17.4 Å². The van der Waals surface area contributed by atoms with E-state index in [1.54, 1.807) is 55.6 Å². The van der Waals surface area contributed by atoms with Crippen LogP contribution in [0, 0.1) is 11.3 Å². The van der Waals surface area contributed by atoms with Crippen molar-refractivity contribution in [3.05, 3.63) is 65.9 Å². The molecule has 0 fully saturated rings. The second kappa shape index (κ2) is 8.89. The van der Waals surface area contributed by atoms with Crippen molar-refractivity contribution < 1.29 is 19.1 Å². The van der Waals surface area contributed by atoms with Gasteiger partial charge in [0.15, 0.2) is 0 Å². The lowest BCUT2D eigenvalue weighted by Gasteiger charge is -2.06. The zero-order valence-electron chi connectivity index (χ0n) is 14.3. The van der Waals surface area contributed by atoms with Crippen LogP contribution >= 0.6 is 0 Å². The molecule has 0 saturated heterocycles. The van der Waals surface area contributed by atoms with Crippen LogP contribution in [0.25, 0.3) is 0 Å². The molecule has 26 heavy (non-hydrogen) atoms. The van der Waals surface area contributed by atoms with Gasteiger partial charge in [0, 0.05) is 17.6 Å². The molecule has 0 spiro atoms. The van der Waals surface area contributed by atoms with Crippen molar-refractivity contribution in [1.82, 2.24) is 0 Å². The van der Waals surface area contributed by atoms with Crippen molar-refractivity contribution in [1.29, 1.82) is 5.26 Å². The SMILES string of the molecule is COC(=O)c1ccc(NC=C(C#N)C(=O)Nc2ccc(OC)cc2)cc1. The highest BCUT2D eigenvalue weighted by atomic mass is 16.5. The van der Waals surface area contributed by atoms with Crippen LogP contribution in [0.1, 0.15) is 10.4 Å². The standard InChI is InChI=1S/C19H17N3O4/c1-25-17-9-7-16(8-10-17)22-18(23)14(11-20)12-21-15-5-3-13(4-6-15)19(24)26-2/h3-10,12,21H,1-2H3,(H,22,23). The van der Waals surface area contributed by atoms with Crippen molar-refractivity contribution in [2.75, 3.05) is 24.9 Å². The molecule has 0 atom stereocenters. The molecule has 0 aliphatic rings. The fourth-order valence-electron chi connectivity index (χ4n) is 2.00. The topological polar surface area (TPSA) is 100 Å². The molecule has 7 nitrogen and oxygen atoms in total. The van der Waals surface area contributed by atoms with Crippen molar-refractivity contribution in [3.63, 3.8) is 0 Å². The van der Waals surface area contributed by atoms with E-state index in [0.717, 1.165) is 0 Å². The Hall–Kier alpha value is -3.79. The minimum Gasteiger partial charge on any atom is -0.497 e. The Labute approximate surface area is 150 Å². The first-order chi connectivity index (χ1) is 12.6. The van der Waals surface area contributed by atoms with Gasteiger partial charge in [0.2, 0.25) is 0 Å². The number of hydrogen-bond acceptors (Lipinski definition) is 6. The number of nitrogens with zero attached hydrogens (tertiary/aromatic N) is 1. The Morgan fingerprint density at radius 2 is 1.62 bits per heavy atom. The Morgan fingerprint density at radius 1 is 1.00 bits per heavy atom. The van der Waals surface area contributed by atoms with Crippen LogP contribution < -0.4 is 15.4 Å². The summed E-state index contributed by atoms with van der Waals surface area (Å²) in [6, 6.07) is 15.0. The number of anilines is 2. The third kappa shape index (κ3) is 4.85. The summed E-state index contributed by atoms with van der Waals surface area (Å²) in [6.45, 7) is 0. The zero-order valence-corrected chi connectivity index (χ0v) is 14.3. The normalized spacial score (nSPS) is 10.4. The molecular formula is C19H17N3O4. The first kappa shape index (κ1) is 18.5. The monoisotopic (exact) mass is 351 g/mol. The van der Waals surface area contributed by atoms with Gasteiger partial charge in [-0.1, -0.05) is 0 Å². The molecule has 7 heteroatoms. The van der Waals surface area contributed by atoms with Crippen LogP contribution in [0.15, 0.2) is 60.3 Å². The maximum Gasteiger partial charge on any atom is 0.337 e. The van der Waals surface area contributed by atoms with Crippen LogP contribution in [0.3, 0.4) is 0 Å². The molecule has 0 heterocycles. The number of ether oxygens (including phenoxy) is 2. The van der Waals surface area contributed by atoms with Gasteiger partial charge in [-0.25, -0.2) is 4.79 Å². The molecule has 132 valence electrons. The van der Waals surface area contributed by atoms with Crippen LogP contribution in [0.4, 0.5) is 11.4 Å². The van der Waals surface area contributed by atoms with Gasteiger partial charge < -0.3 is 20.1 Å². The summed E-state index contributed by atoms with van der Waals surface area (Å²) < 4.78 is 9.66. The Kier molecular flexibility index (Phi) is 6.34. The molecular weight excluding hydrogens is 334 g/mol. The Morgan fingerprint density at radius 3 is 2.15 bits per heavy atom. The number of carbonyl (C=O) groups excluding carboxylic acids is 2. The van der Waals surface area contributed by atoms with E-state index in [4.69, 9.17) is 4.74 Å². The number of rotatable bonds is 6. The van der Waals surface area contributed by atoms with Gasteiger partial charge in [-0.05, 0) is 48.5 Å². The summed E-state index contributed by atoms with van der Waals surface area (Å²) in [5.74, 6) is -0.323. The lowest BCUT2D eigenvalue weighted by atomic mass is 10.2. The lowest BCUT2D eigenvalue weighted by molar-refractivity contribution is -0.112. The molecule has 2 N–H and O–H groups in total. The largest absolute Gasteiger partial charge is 0.497 e.